The maximum absolute atomic E-state index is 12.3. The van der Waals surface area contributed by atoms with Crippen LogP contribution in [-0.4, -0.2) is 92.0 Å². The summed E-state index contributed by atoms with van der Waals surface area (Å²) in [6.07, 6.45) is -6.53. The zero-order valence-corrected chi connectivity index (χ0v) is 15.5. The van der Waals surface area contributed by atoms with E-state index in [9.17, 15) is 39.6 Å². The third-order valence-corrected chi connectivity index (χ3v) is 4.80. The van der Waals surface area contributed by atoms with Crippen LogP contribution in [0.4, 0.5) is 0 Å². The molecule has 11 heteroatoms. The molecule has 27 heavy (non-hydrogen) atoms. The Morgan fingerprint density at radius 2 is 1.48 bits per heavy atom. The van der Waals surface area contributed by atoms with E-state index < -0.39 is 58.4 Å². The maximum atomic E-state index is 12.3. The molecule has 0 amide bonds. The van der Waals surface area contributed by atoms with Crippen LogP contribution in [0.1, 0.15) is 27.7 Å². The van der Waals surface area contributed by atoms with Gasteiger partial charge in [-0.1, -0.05) is 0 Å². The third-order valence-electron chi connectivity index (χ3n) is 4.80. The smallest absolute Gasteiger partial charge is 0.213 e. The van der Waals surface area contributed by atoms with E-state index in [0.717, 1.165) is 20.8 Å². The summed E-state index contributed by atoms with van der Waals surface area (Å²) in [5.41, 5.74) is -4.77. The number of rotatable bonds is 8. The van der Waals surface area contributed by atoms with E-state index in [1.165, 1.54) is 0 Å². The second-order valence-corrected chi connectivity index (χ2v) is 6.52. The van der Waals surface area contributed by atoms with Crippen molar-refractivity contribution in [3.8, 4) is 0 Å². The molecule has 0 saturated carbocycles. The summed E-state index contributed by atoms with van der Waals surface area (Å²) in [6, 6.07) is 0. The van der Waals surface area contributed by atoms with E-state index in [1.807, 2.05) is 0 Å². The summed E-state index contributed by atoms with van der Waals surface area (Å²) in [5.74, 6) is -4.96. The van der Waals surface area contributed by atoms with Gasteiger partial charge in [-0.15, -0.1) is 0 Å². The van der Waals surface area contributed by atoms with Crippen LogP contribution >= 0.6 is 0 Å². The van der Waals surface area contributed by atoms with Gasteiger partial charge in [0.25, 0.3) is 0 Å². The number of nitrogens with two attached hydrogens (primary N) is 1. The second kappa shape index (κ2) is 7.80. The van der Waals surface area contributed by atoms with E-state index in [0.29, 0.717) is 6.92 Å². The first-order valence-corrected chi connectivity index (χ1v) is 8.10. The molecule has 154 valence electrons. The van der Waals surface area contributed by atoms with Crippen molar-refractivity contribution in [2.24, 2.45) is 5.73 Å². The van der Waals surface area contributed by atoms with Gasteiger partial charge < -0.3 is 35.6 Å². The summed E-state index contributed by atoms with van der Waals surface area (Å²) in [7, 11) is 0. The summed E-state index contributed by atoms with van der Waals surface area (Å²) in [5, 5.41) is 43.2. The highest BCUT2D eigenvalue weighted by atomic mass is 16.7. The summed E-state index contributed by atoms with van der Waals surface area (Å²) < 4.78 is 10.3. The molecule has 1 aliphatic heterocycles. The first kappa shape index (κ1) is 23.4. The van der Waals surface area contributed by atoms with Crippen molar-refractivity contribution in [2.75, 3.05) is 13.2 Å². The number of ether oxygens (including phenoxy) is 2. The van der Waals surface area contributed by atoms with Crippen LogP contribution in [0.15, 0.2) is 0 Å². The lowest BCUT2D eigenvalue weighted by molar-refractivity contribution is -0.372. The van der Waals surface area contributed by atoms with Crippen LogP contribution in [-0.2, 0) is 28.7 Å². The number of carbonyl (C=O) groups is 4. The standard InChI is InChI=1S/C16H25NO10/c1-7(18)11(22)12-14(23,8(2)19)16(25,10(4)21)15(24,9(3)20)13(27-12)26-6-5-17/h11-13,22-25H,5-6,17H2,1-4H3/t11?,12-,13+,14-,15+,16+/m1/s1. The number of hydrogen-bond acceptors (Lipinski definition) is 11. The summed E-state index contributed by atoms with van der Waals surface area (Å²) in [6.45, 7) is 2.68. The SMILES string of the molecule is CC(=O)C(O)[C@H]1O[C@H](OCCN)[C@@](O)(C(C)=O)[C@](O)(C(C)=O)[C@@]1(O)C(C)=O. The summed E-state index contributed by atoms with van der Waals surface area (Å²) >= 11 is 0. The van der Waals surface area contributed by atoms with Gasteiger partial charge in [-0.3, -0.25) is 19.2 Å². The van der Waals surface area contributed by atoms with Crippen molar-refractivity contribution in [1.29, 1.82) is 0 Å². The molecule has 1 unspecified atom stereocenters. The predicted octanol–water partition coefficient (Wildman–Crippen LogP) is -3.40. The lowest BCUT2D eigenvalue weighted by Crippen LogP contribution is -2.87. The molecule has 0 aliphatic carbocycles. The molecule has 6 N–H and O–H groups in total. The van der Waals surface area contributed by atoms with Crippen LogP contribution in [0.2, 0.25) is 0 Å². The molecule has 11 nitrogen and oxygen atoms in total. The highest BCUT2D eigenvalue weighted by Gasteiger charge is 2.79. The predicted molar refractivity (Wildman–Crippen MR) is 87.2 cm³/mol. The number of ketones is 4. The largest absolute Gasteiger partial charge is 0.382 e. The average Bonchev–Trinajstić information content (AvgIpc) is 2.57. The molecule has 0 aromatic heterocycles. The normalized spacial score (nSPS) is 37.5. The number of carbonyl (C=O) groups excluding carboxylic acids is 4. The lowest BCUT2D eigenvalue weighted by atomic mass is 9.60. The fourth-order valence-corrected chi connectivity index (χ4v) is 3.26. The van der Waals surface area contributed by atoms with Gasteiger partial charge in [0.1, 0.15) is 12.2 Å². The monoisotopic (exact) mass is 391 g/mol. The maximum Gasteiger partial charge on any atom is 0.213 e. The van der Waals surface area contributed by atoms with E-state index in [1.54, 1.807) is 0 Å². The Kier molecular flexibility index (Phi) is 6.77. The van der Waals surface area contributed by atoms with Gasteiger partial charge in [0.15, 0.2) is 35.0 Å². The second-order valence-electron chi connectivity index (χ2n) is 6.52. The number of aliphatic hydroxyl groups is 4. The Labute approximate surface area is 155 Å². The molecule has 1 fully saturated rings. The molecule has 0 aromatic rings. The summed E-state index contributed by atoms with van der Waals surface area (Å²) in [4.78, 5) is 48.5. The first-order chi connectivity index (χ1) is 12.2. The highest BCUT2D eigenvalue weighted by molar-refractivity contribution is 6.05. The Hall–Kier alpha value is -1.60. The molecule has 1 rings (SSSR count). The number of hydrogen-bond donors (Lipinski definition) is 5. The topological polar surface area (TPSA) is 194 Å². The third kappa shape index (κ3) is 3.14. The first-order valence-electron chi connectivity index (χ1n) is 8.10. The van der Waals surface area contributed by atoms with Gasteiger partial charge in [0, 0.05) is 6.54 Å². The quantitative estimate of drug-likeness (QED) is 0.277. The van der Waals surface area contributed by atoms with Crippen LogP contribution < -0.4 is 5.73 Å². The molecular formula is C16H25NO10. The zero-order chi connectivity index (χ0) is 21.4. The van der Waals surface area contributed by atoms with E-state index >= 15 is 0 Å². The molecule has 0 spiro atoms. The fourth-order valence-electron chi connectivity index (χ4n) is 3.26. The van der Waals surface area contributed by atoms with E-state index in [2.05, 4.69) is 0 Å². The molecule has 0 aromatic carbocycles. The molecule has 1 heterocycles. The zero-order valence-electron chi connectivity index (χ0n) is 15.5. The van der Waals surface area contributed by atoms with Gasteiger partial charge >= 0.3 is 0 Å². The Morgan fingerprint density at radius 3 is 1.81 bits per heavy atom. The van der Waals surface area contributed by atoms with Crippen LogP contribution in [0.25, 0.3) is 0 Å². The van der Waals surface area contributed by atoms with Crippen molar-refractivity contribution in [2.45, 2.75) is 63.0 Å². The van der Waals surface area contributed by atoms with Crippen LogP contribution in [0.3, 0.4) is 0 Å². The number of aliphatic hydroxyl groups excluding tert-OH is 1. The van der Waals surface area contributed by atoms with Crippen LogP contribution in [0.5, 0.6) is 0 Å². The highest BCUT2D eigenvalue weighted by Crippen LogP contribution is 2.47. The molecule has 0 radical (unpaired) electrons. The van der Waals surface area contributed by atoms with Crippen molar-refractivity contribution >= 4 is 23.1 Å². The van der Waals surface area contributed by atoms with Crippen molar-refractivity contribution in [3.05, 3.63) is 0 Å². The molecule has 1 aliphatic rings. The Morgan fingerprint density at radius 1 is 1.00 bits per heavy atom. The molecule has 1 saturated heterocycles. The van der Waals surface area contributed by atoms with Crippen molar-refractivity contribution < 1.29 is 49.1 Å². The molecular weight excluding hydrogens is 366 g/mol. The van der Waals surface area contributed by atoms with Gasteiger partial charge in [-0.2, -0.15) is 0 Å². The number of Topliss-reactive ketones (excluding diaryl/α,β-unsaturated/α-hetero) is 4. The lowest BCUT2D eigenvalue weighted by Gasteiger charge is -2.57. The molecule has 6 atom stereocenters. The minimum absolute atomic E-state index is 0.122. The Bertz CT molecular complexity index is 651. The minimum atomic E-state index is -3.49. The van der Waals surface area contributed by atoms with Crippen molar-refractivity contribution in [3.63, 3.8) is 0 Å². The van der Waals surface area contributed by atoms with Gasteiger partial charge in [0.05, 0.1) is 6.61 Å². The Balaban J connectivity index is 3.87. The van der Waals surface area contributed by atoms with Gasteiger partial charge in [0.2, 0.25) is 11.2 Å². The van der Waals surface area contributed by atoms with E-state index in [4.69, 9.17) is 15.2 Å². The van der Waals surface area contributed by atoms with Gasteiger partial charge in [-0.05, 0) is 27.7 Å². The average molecular weight is 391 g/mol. The van der Waals surface area contributed by atoms with Crippen molar-refractivity contribution in [1.82, 2.24) is 0 Å². The van der Waals surface area contributed by atoms with E-state index in [-0.39, 0.29) is 13.2 Å². The van der Waals surface area contributed by atoms with Gasteiger partial charge in [-0.25, -0.2) is 0 Å². The fraction of sp³-hybridized carbons (Fsp3) is 0.750. The van der Waals surface area contributed by atoms with Crippen LogP contribution in [0, 0.1) is 0 Å². The molecule has 0 bridgehead atoms. The minimum Gasteiger partial charge on any atom is -0.382 e.